The lowest BCUT2D eigenvalue weighted by atomic mass is 10.0. The molecule has 1 N–H and O–H groups in total. The zero-order chi connectivity index (χ0) is 14.9. The topological polar surface area (TPSA) is 62.5 Å². The fraction of sp³-hybridized carbons (Fsp3) is 0.438. The van der Waals surface area contributed by atoms with E-state index in [1.54, 1.807) is 10.8 Å². The van der Waals surface area contributed by atoms with E-state index in [4.69, 9.17) is 0 Å². The lowest BCUT2D eigenvalue weighted by Gasteiger charge is -2.30. The number of carbonyl (C=O) groups excluding carboxylic acids is 1. The van der Waals surface area contributed by atoms with Crippen molar-refractivity contribution in [1.82, 2.24) is 24.8 Å². The minimum Gasteiger partial charge on any atom is -0.337 e. The minimum atomic E-state index is 0. The van der Waals surface area contributed by atoms with Crippen LogP contribution in [0.1, 0.15) is 18.4 Å². The van der Waals surface area contributed by atoms with Gasteiger partial charge in [0, 0.05) is 43.4 Å². The maximum atomic E-state index is 12.4. The number of pyridine rings is 1. The predicted octanol–water partition coefficient (Wildman–Crippen LogP) is 1.37. The van der Waals surface area contributed by atoms with Crippen LogP contribution in [0.4, 0.5) is 0 Å². The van der Waals surface area contributed by atoms with E-state index in [0.717, 1.165) is 43.7 Å². The van der Waals surface area contributed by atoms with Crippen molar-refractivity contribution in [3.05, 3.63) is 36.3 Å². The molecule has 6 nitrogen and oxygen atoms in total. The second-order valence-electron chi connectivity index (χ2n) is 5.95. The van der Waals surface area contributed by atoms with Gasteiger partial charge in [0.05, 0.1) is 0 Å². The van der Waals surface area contributed by atoms with Crippen LogP contribution in [-0.4, -0.2) is 51.1 Å². The van der Waals surface area contributed by atoms with Crippen molar-refractivity contribution < 1.29 is 4.79 Å². The number of nitrogens with zero attached hydrogens (tertiary/aromatic N) is 4. The summed E-state index contributed by atoms with van der Waals surface area (Å²) in [5.74, 6) is 0.440. The number of halogens is 1. The Labute approximate surface area is 141 Å². The van der Waals surface area contributed by atoms with Crippen molar-refractivity contribution >= 4 is 30.0 Å². The van der Waals surface area contributed by atoms with Gasteiger partial charge in [-0.25, -0.2) is 9.50 Å². The number of nitrogens with one attached hydrogen (secondary N) is 1. The van der Waals surface area contributed by atoms with Crippen LogP contribution in [0.3, 0.4) is 0 Å². The molecule has 0 unspecified atom stereocenters. The largest absolute Gasteiger partial charge is 0.337 e. The summed E-state index contributed by atoms with van der Waals surface area (Å²) in [6.07, 6.45) is 9.33. The molecule has 0 bridgehead atoms. The van der Waals surface area contributed by atoms with E-state index >= 15 is 0 Å². The molecule has 2 aromatic heterocycles. The Morgan fingerprint density at radius 1 is 1.43 bits per heavy atom. The molecule has 2 aliphatic heterocycles. The van der Waals surface area contributed by atoms with Crippen molar-refractivity contribution in [2.24, 2.45) is 5.92 Å². The Balaban J connectivity index is 0.00000156. The Morgan fingerprint density at radius 2 is 2.35 bits per heavy atom. The van der Waals surface area contributed by atoms with E-state index in [-0.39, 0.29) is 18.3 Å². The highest BCUT2D eigenvalue weighted by molar-refractivity contribution is 5.85. The van der Waals surface area contributed by atoms with Crippen LogP contribution in [0, 0.1) is 5.92 Å². The first kappa shape index (κ1) is 16.0. The SMILES string of the molecule is Cl.O=C1[C@@H](C/C=C\c2cccn3ncnc23)C[C@H]2CNCCN12. The molecule has 0 saturated carbocycles. The zero-order valence-electron chi connectivity index (χ0n) is 12.8. The van der Waals surface area contributed by atoms with Crippen molar-refractivity contribution in [2.75, 3.05) is 19.6 Å². The van der Waals surface area contributed by atoms with Gasteiger partial charge in [-0.15, -0.1) is 12.4 Å². The van der Waals surface area contributed by atoms with Gasteiger partial charge in [-0.05, 0) is 25.0 Å². The first-order chi connectivity index (χ1) is 10.8. The molecule has 0 aliphatic carbocycles. The van der Waals surface area contributed by atoms with Gasteiger partial charge < -0.3 is 10.2 Å². The number of allylic oxidation sites excluding steroid dienone is 1. The number of fused-ring (bicyclic) bond motifs is 2. The van der Waals surface area contributed by atoms with Crippen LogP contribution in [0.2, 0.25) is 0 Å². The molecule has 0 spiro atoms. The molecule has 7 heteroatoms. The number of hydrogen-bond acceptors (Lipinski definition) is 4. The standard InChI is InChI=1S/C16H19N5O.ClH/c22-16-13(9-14-10-17-6-8-20(14)16)4-1-3-12-5-2-7-21-15(12)18-11-19-21;/h1-3,5,7,11,13-14,17H,4,6,8-10H2;1H/b3-1-;/t13-,14-;/m0./s1. The highest BCUT2D eigenvalue weighted by Gasteiger charge is 2.39. The fourth-order valence-electron chi connectivity index (χ4n) is 3.48. The predicted molar refractivity (Wildman–Crippen MR) is 90.4 cm³/mol. The Morgan fingerprint density at radius 3 is 3.22 bits per heavy atom. The maximum absolute atomic E-state index is 12.4. The van der Waals surface area contributed by atoms with Gasteiger partial charge in [-0.3, -0.25) is 4.79 Å². The summed E-state index contributed by atoms with van der Waals surface area (Å²) in [4.78, 5) is 18.7. The van der Waals surface area contributed by atoms with E-state index in [1.165, 1.54) is 0 Å². The fourth-order valence-corrected chi connectivity index (χ4v) is 3.48. The van der Waals surface area contributed by atoms with Crippen LogP contribution in [-0.2, 0) is 4.79 Å². The number of piperazine rings is 1. The van der Waals surface area contributed by atoms with E-state index in [1.807, 2.05) is 29.3 Å². The van der Waals surface area contributed by atoms with E-state index < -0.39 is 0 Å². The molecule has 2 fully saturated rings. The van der Waals surface area contributed by atoms with Crippen LogP contribution >= 0.6 is 12.4 Å². The molecule has 2 aliphatic rings. The highest BCUT2D eigenvalue weighted by Crippen LogP contribution is 2.28. The average molecular weight is 334 g/mol. The second kappa shape index (κ2) is 6.68. The van der Waals surface area contributed by atoms with Gasteiger partial charge in [0.25, 0.3) is 0 Å². The van der Waals surface area contributed by atoms with E-state index in [0.29, 0.717) is 11.9 Å². The van der Waals surface area contributed by atoms with Gasteiger partial charge >= 0.3 is 0 Å². The lowest BCUT2D eigenvalue weighted by molar-refractivity contribution is -0.132. The van der Waals surface area contributed by atoms with Gasteiger partial charge in [0.15, 0.2) is 5.65 Å². The quantitative estimate of drug-likeness (QED) is 0.921. The molecule has 0 radical (unpaired) electrons. The van der Waals surface area contributed by atoms with Crippen LogP contribution in [0.25, 0.3) is 11.7 Å². The maximum Gasteiger partial charge on any atom is 0.226 e. The van der Waals surface area contributed by atoms with Gasteiger partial charge in [-0.1, -0.05) is 12.2 Å². The van der Waals surface area contributed by atoms with Crippen LogP contribution in [0.5, 0.6) is 0 Å². The van der Waals surface area contributed by atoms with Gasteiger partial charge in [0.1, 0.15) is 6.33 Å². The Kier molecular flexibility index (Phi) is 4.63. The molecule has 2 aromatic rings. The smallest absolute Gasteiger partial charge is 0.226 e. The molecule has 0 aromatic carbocycles. The molecule has 4 heterocycles. The summed E-state index contributed by atoms with van der Waals surface area (Å²) >= 11 is 0. The average Bonchev–Trinajstić information content (AvgIpc) is 3.14. The second-order valence-corrected chi connectivity index (χ2v) is 5.95. The van der Waals surface area contributed by atoms with Crippen molar-refractivity contribution in [3.8, 4) is 0 Å². The first-order valence-electron chi connectivity index (χ1n) is 7.79. The summed E-state index contributed by atoms with van der Waals surface area (Å²) < 4.78 is 1.76. The molecule has 2 saturated heterocycles. The Hall–Kier alpha value is -1.92. The third kappa shape index (κ3) is 2.96. The zero-order valence-corrected chi connectivity index (χ0v) is 13.6. The van der Waals surface area contributed by atoms with Crippen LogP contribution < -0.4 is 5.32 Å². The van der Waals surface area contributed by atoms with Crippen molar-refractivity contribution in [1.29, 1.82) is 0 Å². The number of carbonyl (C=O) groups is 1. The number of amides is 1. The van der Waals surface area contributed by atoms with Crippen LogP contribution in [0.15, 0.2) is 30.7 Å². The third-order valence-electron chi connectivity index (χ3n) is 4.59. The normalized spacial score (nSPS) is 24.2. The molecule has 1 amide bonds. The first-order valence-corrected chi connectivity index (χ1v) is 7.79. The van der Waals surface area contributed by atoms with Crippen molar-refractivity contribution in [2.45, 2.75) is 18.9 Å². The monoisotopic (exact) mass is 333 g/mol. The van der Waals surface area contributed by atoms with Gasteiger partial charge in [-0.2, -0.15) is 5.10 Å². The number of aromatic nitrogens is 3. The molecular formula is C16H20ClN5O. The lowest BCUT2D eigenvalue weighted by Crippen LogP contribution is -2.49. The summed E-state index contributed by atoms with van der Waals surface area (Å²) in [6.45, 7) is 2.70. The summed E-state index contributed by atoms with van der Waals surface area (Å²) in [6, 6.07) is 4.36. The Bertz CT molecular complexity index is 728. The molecule has 4 rings (SSSR count). The summed E-state index contributed by atoms with van der Waals surface area (Å²) in [7, 11) is 0. The number of hydrogen-bond donors (Lipinski definition) is 1. The summed E-state index contributed by atoms with van der Waals surface area (Å²) in [5, 5.41) is 7.50. The van der Waals surface area contributed by atoms with Crippen molar-refractivity contribution in [3.63, 3.8) is 0 Å². The third-order valence-corrected chi connectivity index (χ3v) is 4.59. The minimum absolute atomic E-state index is 0. The molecular weight excluding hydrogens is 314 g/mol. The van der Waals surface area contributed by atoms with Gasteiger partial charge in [0.2, 0.25) is 5.91 Å². The molecule has 23 heavy (non-hydrogen) atoms. The summed E-state index contributed by atoms with van der Waals surface area (Å²) in [5.41, 5.74) is 1.88. The molecule has 122 valence electrons. The van der Waals surface area contributed by atoms with E-state index in [9.17, 15) is 4.79 Å². The number of rotatable bonds is 3. The highest BCUT2D eigenvalue weighted by atomic mass is 35.5. The molecule has 2 atom stereocenters. The van der Waals surface area contributed by atoms with E-state index in [2.05, 4.69) is 21.5 Å².